The maximum atomic E-state index is 12.7. The van der Waals surface area contributed by atoms with E-state index in [-0.39, 0.29) is 0 Å². The van der Waals surface area contributed by atoms with Gasteiger partial charge in [0, 0.05) is 6.07 Å². The summed E-state index contributed by atoms with van der Waals surface area (Å²) in [5.41, 5.74) is 0.301. The normalized spacial score (nSPS) is 11.9. The SMILES string of the molecule is Bc1cc(F)cc(OC(F)(F)C(F)F)c1. The quantitative estimate of drug-likeness (QED) is 0.555. The first-order chi connectivity index (χ1) is 6.81. The van der Waals surface area contributed by atoms with Crippen molar-refractivity contribution >= 4 is 13.3 Å². The molecule has 15 heavy (non-hydrogen) atoms. The Bertz CT molecular complexity index is 335. The molecule has 0 unspecified atom stereocenters. The minimum Gasteiger partial charge on any atom is -0.428 e. The van der Waals surface area contributed by atoms with E-state index in [1.54, 1.807) is 0 Å². The van der Waals surface area contributed by atoms with Crippen molar-refractivity contribution in [1.82, 2.24) is 0 Å². The van der Waals surface area contributed by atoms with Crippen LogP contribution in [0.1, 0.15) is 0 Å². The van der Waals surface area contributed by atoms with Gasteiger partial charge in [-0.15, -0.1) is 0 Å². The molecular weight excluding hydrogens is 218 g/mol. The van der Waals surface area contributed by atoms with E-state index in [1.165, 1.54) is 7.85 Å². The third-order valence-corrected chi connectivity index (χ3v) is 1.52. The lowest BCUT2D eigenvalue weighted by molar-refractivity contribution is -0.253. The van der Waals surface area contributed by atoms with Crippen LogP contribution >= 0.6 is 0 Å². The molecule has 0 radical (unpaired) electrons. The first kappa shape index (κ1) is 11.8. The molecule has 1 aromatic carbocycles. The van der Waals surface area contributed by atoms with E-state index in [0.29, 0.717) is 11.5 Å². The zero-order chi connectivity index (χ0) is 11.6. The van der Waals surface area contributed by atoms with Gasteiger partial charge in [-0.05, 0) is 12.1 Å². The molecule has 82 valence electrons. The van der Waals surface area contributed by atoms with Crippen LogP contribution in [0.15, 0.2) is 18.2 Å². The molecule has 1 rings (SSSR count). The molecule has 0 aliphatic heterocycles. The maximum Gasteiger partial charge on any atom is 0.461 e. The van der Waals surface area contributed by atoms with Crippen LogP contribution in [-0.2, 0) is 0 Å². The molecule has 0 aliphatic rings. The summed E-state index contributed by atoms with van der Waals surface area (Å²) in [7, 11) is 1.43. The Morgan fingerprint density at radius 3 is 2.27 bits per heavy atom. The van der Waals surface area contributed by atoms with E-state index in [2.05, 4.69) is 4.74 Å². The highest BCUT2D eigenvalue weighted by Crippen LogP contribution is 2.27. The van der Waals surface area contributed by atoms with Crippen molar-refractivity contribution in [2.75, 3.05) is 0 Å². The average Bonchev–Trinajstić information content (AvgIpc) is 1.99. The van der Waals surface area contributed by atoms with Gasteiger partial charge in [0.25, 0.3) is 0 Å². The summed E-state index contributed by atoms with van der Waals surface area (Å²) in [6.45, 7) is 0. The highest BCUT2D eigenvalue weighted by Gasteiger charge is 2.44. The molecule has 0 spiro atoms. The average molecular weight is 224 g/mol. The van der Waals surface area contributed by atoms with Crippen molar-refractivity contribution < 1.29 is 26.7 Å². The van der Waals surface area contributed by atoms with Gasteiger partial charge in [-0.2, -0.15) is 17.6 Å². The third-order valence-electron chi connectivity index (χ3n) is 1.52. The summed E-state index contributed by atoms with van der Waals surface area (Å²) < 4.78 is 64.7. The molecule has 0 atom stereocenters. The Balaban J connectivity index is 2.89. The highest BCUT2D eigenvalue weighted by molar-refractivity contribution is 6.32. The van der Waals surface area contributed by atoms with Gasteiger partial charge in [-0.1, -0.05) is 5.46 Å². The monoisotopic (exact) mass is 224 g/mol. The van der Waals surface area contributed by atoms with E-state index in [0.717, 1.165) is 12.1 Å². The van der Waals surface area contributed by atoms with Gasteiger partial charge in [-0.25, -0.2) is 4.39 Å². The van der Waals surface area contributed by atoms with Gasteiger partial charge in [0.2, 0.25) is 0 Å². The number of ether oxygens (including phenoxy) is 1. The fourth-order valence-corrected chi connectivity index (χ4v) is 0.963. The van der Waals surface area contributed by atoms with Crippen LogP contribution in [-0.4, -0.2) is 20.4 Å². The molecule has 0 amide bonds. The second-order valence-corrected chi connectivity index (χ2v) is 2.93. The van der Waals surface area contributed by atoms with Crippen LogP contribution in [0.5, 0.6) is 5.75 Å². The highest BCUT2D eigenvalue weighted by atomic mass is 19.3. The second-order valence-electron chi connectivity index (χ2n) is 2.93. The first-order valence-corrected chi connectivity index (χ1v) is 3.93. The number of hydrogen-bond acceptors (Lipinski definition) is 1. The van der Waals surface area contributed by atoms with Crippen LogP contribution in [0.3, 0.4) is 0 Å². The lowest BCUT2D eigenvalue weighted by atomic mass is 9.96. The standard InChI is InChI=1S/C8H6BF5O/c9-4-1-5(10)3-6(2-4)15-8(13,14)7(11)12/h1-3,7H,9H2. The van der Waals surface area contributed by atoms with Gasteiger partial charge in [0.15, 0.2) is 0 Å². The smallest absolute Gasteiger partial charge is 0.428 e. The number of hydrogen-bond donors (Lipinski definition) is 0. The summed E-state index contributed by atoms with van der Waals surface area (Å²) >= 11 is 0. The second kappa shape index (κ2) is 4.08. The predicted octanol–water partition coefficient (Wildman–Crippen LogP) is 1.32. The van der Waals surface area contributed by atoms with Gasteiger partial charge in [0.05, 0.1) is 0 Å². The molecule has 0 saturated heterocycles. The van der Waals surface area contributed by atoms with Crippen molar-refractivity contribution in [2.24, 2.45) is 0 Å². The Kier molecular flexibility index (Phi) is 3.21. The van der Waals surface area contributed by atoms with Gasteiger partial charge in [-0.3, -0.25) is 0 Å². The van der Waals surface area contributed by atoms with Crippen LogP contribution in [0.4, 0.5) is 22.0 Å². The number of rotatable bonds is 3. The molecule has 0 aromatic heterocycles. The molecule has 1 aromatic rings. The Morgan fingerprint density at radius 2 is 1.80 bits per heavy atom. The Hall–Kier alpha value is -1.27. The Morgan fingerprint density at radius 1 is 1.20 bits per heavy atom. The fraction of sp³-hybridized carbons (Fsp3) is 0.250. The van der Waals surface area contributed by atoms with Gasteiger partial charge >= 0.3 is 12.5 Å². The lowest BCUT2D eigenvalue weighted by Gasteiger charge is -2.17. The first-order valence-electron chi connectivity index (χ1n) is 3.93. The van der Waals surface area contributed by atoms with E-state index in [1.807, 2.05) is 0 Å². The topological polar surface area (TPSA) is 9.23 Å². The molecular formula is C8H6BF5O. The molecule has 0 fully saturated rings. The summed E-state index contributed by atoms with van der Waals surface area (Å²) in [5.74, 6) is -1.45. The van der Waals surface area contributed by atoms with Crippen molar-refractivity contribution in [1.29, 1.82) is 0 Å². The number of halogens is 5. The van der Waals surface area contributed by atoms with E-state index in [4.69, 9.17) is 0 Å². The molecule has 0 heterocycles. The zero-order valence-corrected chi connectivity index (χ0v) is 7.61. The molecule has 1 nitrogen and oxygen atoms in total. The predicted molar refractivity (Wildman–Crippen MR) is 46.2 cm³/mol. The summed E-state index contributed by atoms with van der Waals surface area (Å²) in [6, 6.07) is 2.72. The van der Waals surface area contributed by atoms with E-state index < -0.39 is 24.1 Å². The zero-order valence-electron chi connectivity index (χ0n) is 7.61. The molecule has 0 bridgehead atoms. The maximum absolute atomic E-state index is 12.7. The number of alkyl halides is 4. The number of benzene rings is 1. The molecule has 7 heteroatoms. The minimum atomic E-state index is -4.61. The van der Waals surface area contributed by atoms with Crippen molar-refractivity contribution in [3.05, 3.63) is 24.0 Å². The summed E-state index contributed by atoms with van der Waals surface area (Å²) in [5, 5.41) is 0. The molecule has 0 N–H and O–H groups in total. The van der Waals surface area contributed by atoms with Crippen LogP contribution in [0.2, 0.25) is 0 Å². The van der Waals surface area contributed by atoms with Crippen LogP contribution in [0.25, 0.3) is 0 Å². The minimum absolute atomic E-state index is 0.301. The summed E-state index contributed by atoms with van der Waals surface area (Å²) in [4.78, 5) is 0. The fourth-order valence-electron chi connectivity index (χ4n) is 0.963. The van der Waals surface area contributed by atoms with Gasteiger partial charge in [0.1, 0.15) is 19.4 Å². The van der Waals surface area contributed by atoms with Crippen molar-refractivity contribution in [3.8, 4) is 5.75 Å². The van der Waals surface area contributed by atoms with Gasteiger partial charge < -0.3 is 4.74 Å². The van der Waals surface area contributed by atoms with Crippen molar-refractivity contribution in [2.45, 2.75) is 12.5 Å². The van der Waals surface area contributed by atoms with Crippen LogP contribution in [0, 0.1) is 5.82 Å². The molecule has 0 aliphatic carbocycles. The van der Waals surface area contributed by atoms with Crippen LogP contribution < -0.4 is 10.2 Å². The Labute approximate surface area is 83.3 Å². The summed E-state index contributed by atoms with van der Waals surface area (Å²) in [6.07, 6.45) is -8.57. The van der Waals surface area contributed by atoms with E-state index >= 15 is 0 Å². The molecule has 0 saturated carbocycles. The lowest BCUT2D eigenvalue weighted by Crippen LogP contribution is -2.33. The van der Waals surface area contributed by atoms with E-state index in [9.17, 15) is 22.0 Å². The largest absolute Gasteiger partial charge is 0.461 e. The van der Waals surface area contributed by atoms with Crippen molar-refractivity contribution in [3.63, 3.8) is 0 Å². The third kappa shape index (κ3) is 3.11.